The van der Waals surface area contributed by atoms with E-state index >= 15 is 0 Å². The van der Waals surface area contributed by atoms with Gasteiger partial charge in [-0.25, -0.2) is 8.42 Å². The summed E-state index contributed by atoms with van der Waals surface area (Å²) in [7, 11) is -2.90. The second kappa shape index (κ2) is 10.2. The van der Waals surface area contributed by atoms with Crippen LogP contribution in [-0.2, 0) is 30.9 Å². The summed E-state index contributed by atoms with van der Waals surface area (Å²) in [4.78, 5) is 30.0. The van der Waals surface area contributed by atoms with Crippen LogP contribution in [0.4, 0.5) is 5.69 Å². The topological polar surface area (TPSA) is 126 Å². The number of carboxylic acid groups (broad SMARTS) is 1. The van der Waals surface area contributed by atoms with Crippen LogP contribution in [0.1, 0.15) is 5.56 Å². The minimum absolute atomic E-state index is 0.0972. The molecule has 11 heteroatoms. The van der Waals surface area contributed by atoms with Gasteiger partial charge in [0.1, 0.15) is 24.1 Å². The van der Waals surface area contributed by atoms with Gasteiger partial charge in [-0.1, -0.05) is 18.2 Å². The molecule has 2 heterocycles. The predicted molar refractivity (Wildman–Crippen MR) is 126 cm³/mol. The van der Waals surface area contributed by atoms with Crippen LogP contribution in [0, 0.1) is 0 Å². The van der Waals surface area contributed by atoms with Gasteiger partial charge in [0.25, 0.3) is 5.91 Å². The smallest absolute Gasteiger partial charge is 0.323 e. The van der Waals surface area contributed by atoms with Crippen LogP contribution in [0.5, 0.6) is 11.5 Å². The number of benzene rings is 2. The number of hydrogen-bond acceptors (Lipinski definition) is 7. The Balaban J connectivity index is 1.69. The average molecular weight is 498 g/mol. The zero-order chi connectivity index (χ0) is 25.0. The van der Waals surface area contributed by atoms with E-state index in [1.165, 1.54) is 36.3 Å². The fourth-order valence-corrected chi connectivity index (χ4v) is 5.35. The first-order valence-electron chi connectivity index (χ1n) is 10.6. The van der Waals surface area contributed by atoms with Crippen molar-refractivity contribution in [3.8, 4) is 11.5 Å². The van der Waals surface area contributed by atoms with Gasteiger partial charge in [0, 0.05) is 31.7 Å². The summed E-state index contributed by atoms with van der Waals surface area (Å²) >= 11 is 0. The van der Waals surface area contributed by atoms with E-state index in [9.17, 15) is 23.1 Å². The van der Waals surface area contributed by atoms with Crippen LogP contribution in [0.3, 0.4) is 0 Å². The molecule has 182 valence electrons. The van der Waals surface area contributed by atoms with Crippen molar-refractivity contribution >= 4 is 27.6 Å². The monoisotopic (exact) mass is 497 g/mol. The average Bonchev–Trinajstić information content (AvgIpc) is 3.03. The van der Waals surface area contributed by atoms with Gasteiger partial charge >= 0.3 is 5.97 Å². The van der Waals surface area contributed by atoms with Crippen molar-refractivity contribution < 1.29 is 32.6 Å². The number of fused-ring (bicyclic) bond motifs is 1. The number of nitrogens with zero attached hydrogens (tertiary/aromatic N) is 3. The van der Waals surface area contributed by atoms with Gasteiger partial charge in [0.2, 0.25) is 10.0 Å². The molecule has 1 atom stereocenters. The van der Waals surface area contributed by atoms with Gasteiger partial charge < -0.3 is 19.5 Å². The summed E-state index contributed by atoms with van der Waals surface area (Å²) in [6.07, 6.45) is 3.14. The Bertz CT molecular complexity index is 1310. The number of hydrogen-bond donors (Lipinski definition) is 1. The second-order valence-corrected chi connectivity index (χ2v) is 9.62. The molecule has 2 aromatic carbocycles. The lowest BCUT2D eigenvalue weighted by atomic mass is 10.1. The molecule has 10 nitrogen and oxygen atoms in total. The van der Waals surface area contributed by atoms with Gasteiger partial charge in [-0.3, -0.25) is 14.6 Å². The number of aromatic nitrogens is 1. The number of pyridine rings is 1. The number of amides is 1. The molecule has 0 saturated heterocycles. The van der Waals surface area contributed by atoms with Crippen molar-refractivity contribution in [2.45, 2.75) is 17.5 Å². The third kappa shape index (κ3) is 5.16. The molecular weight excluding hydrogens is 474 g/mol. The molecule has 1 N–H and O–H groups in total. The Morgan fingerprint density at radius 1 is 1.03 bits per heavy atom. The highest BCUT2D eigenvalue weighted by atomic mass is 32.2. The number of aliphatic carboxylic acids is 1. The lowest BCUT2D eigenvalue weighted by Gasteiger charge is -2.28. The third-order valence-corrected chi connectivity index (χ3v) is 7.35. The van der Waals surface area contributed by atoms with E-state index in [-0.39, 0.29) is 24.6 Å². The fraction of sp³-hybridized carbons (Fsp3) is 0.208. The van der Waals surface area contributed by atoms with E-state index in [0.29, 0.717) is 22.7 Å². The molecule has 1 unspecified atom stereocenters. The standard InChI is InChI=1S/C24H23N3O7S/c1-33-16-23(28)26-15-22(24(29)30)27(14-17-4-2-3-5-21(17)26)35(31,32)20-8-6-18(7-9-20)34-19-10-12-25-13-11-19/h2-13,22H,14-16H2,1H3,(H,29,30). The van der Waals surface area contributed by atoms with Crippen molar-refractivity contribution in [1.82, 2.24) is 9.29 Å². The van der Waals surface area contributed by atoms with Crippen LogP contribution >= 0.6 is 0 Å². The largest absolute Gasteiger partial charge is 0.480 e. The first kappa shape index (κ1) is 24.3. The summed E-state index contributed by atoms with van der Waals surface area (Å²) in [5.74, 6) is -0.897. The van der Waals surface area contributed by atoms with Crippen LogP contribution < -0.4 is 9.64 Å². The number of sulfonamides is 1. The van der Waals surface area contributed by atoms with Crippen molar-refractivity contribution in [2.24, 2.45) is 0 Å². The van der Waals surface area contributed by atoms with Gasteiger partial charge in [0.15, 0.2) is 0 Å². The maximum absolute atomic E-state index is 13.6. The minimum Gasteiger partial charge on any atom is -0.480 e. The summed E-state index contributed by atoms with van der Waals surface area (Å²) in [6.45, 7) is -0.856. The first-order chi connectivity index (χ1) is 16.8. The molecule has 1 aromatic heterocycles. The minimum atomic E-state index is -4.26. The SMILES string of the molecule is COCC(=O)N1CC(C(=O)O)N(S(=O)(=O)c2ccc(Oc3ccncc3)cc2)Cc2ccccc21. The molecule has 1 amide bonds. The van der Waals surface area contributed by atoms with E-state index in [4.69, 9.17) is 9.47 Å². The van der Waals surface area contributed by atoms with Crippen LogP contribution in [0.2, 0.25) is 0 Å². The number of ether oxygens (including phenoxy) is 2. The molecule has 35 heavy (non-hydrogen) atoms. The number of carbonyl (C=O) groups is 2. The number of carbonyl (C=O) groups excluding carboxylic acids is 1. The molecule has 3 aromatic rings. The third-order valence-electron chi connectivity index (χ3n) is 5.48. The molecule has 0 spiro atoms. The Labute approximate surface area is 202 Å². The Morgan fingerprint density at radius 2 is 1.69 bits per heavy atom. The van der Waals surface area contributed by atoms with Crippen LogP contribution in [0.25, 0.3) is 0 Å². The van der Waals surface area contributed by atoms with E-state index < -0.39 is 27.9 Å². The highest BCUT2D eigenvalue weighted by Gasteiger charge is 2.41. The van der Waals surface area contributed by atoms with Gasteiger partial charge in [0.05, 0.1) is 11.4 Å². The van der Waals surface area contributed by atoms with E-state index in [0.717, 1.165) is 4.31 Å². The zero-order valence-corrected chi connectivity index (χ0v) is 19.6. The maximum atomic E-state index is 13.6. The van der Waals surface area contributed by atoms with E-state index in [1.54, 1.807) is 48.8 Å². The van der Waals surface area contributed by atoms with Crippen molar-refractivity contribution in [1.29, 1.82) is 0 Å². The molecular formula is C24H23N3O7S. The van der Waals surface area contributed by atoms with Crippen molar-refractivity contribution in [2.75, 3.05) is 25.2 Å². The zero-order valence-electron chi connectivity index (χ0n) is 18.8. The van der Waals surface area contributed by atoms with E-state index in [2.05, 4.69) is 4.98 Å². The normalized spacial score (nSPS) is 16.3. The Kier molecular flexibility index (Phi) is 7.10. The highest BCUT2D eigenvalue weighted by Crippen LogP contribution is 2.32. The predicted octanol–water partition coefficient (Wildman–Crippen LogP) is 2.51. The number of carboxylic acids is 1. The van der Waals surface area contributed by atoms with Gasteiger partial charge in [-0.2, -0.15) is 4.31 Å². The summed E-state index contributed by atoms with van der Waals surface area (Å²) in [5, 5.41) is 9.96. The lowest BCUT2D eigenvalue weighted by Crippen LogP contribution is -2.50. The molecule has 0 radical (unpaired) electrons. The fourth-order valence-electron chi connectivity index (χ4n) is 3.80. The highest BCUT2D eigenvalue weighted by molar-refractivity contribution is 7.89. The molecule has 4 rings (SSSR count). The first-order valence-corrected chi connectivity index (χ1v) is 12.0. The molecule has 0 fully saturated rings. The number of methoxy groups -OCH3 is 1. The molecule has 0 bridgehead atoms. The van der Waals surface area contributed by atoms with Crippen molar-refractivity contribution in [3.05, 3.63) is 78.6 Å². The van der Waals surface area contributed by atoms with Crippen LogP contribution in [-0.4, -0.2) is 61.0 Å². The quantitative estimate of drug-likeness (QED) is 0.528. The van der Waals surface area contributed by atoms with Gasteiger partial charge in [-0.15, -0.1) is 0 Å². The van der Waals surface area contributed by atoms with Crippen molar-refractivity contribution in [3.63, 3.8) is 0 Å². The second-order valence-electron chi connectivity index (χ2n) is 7.73. The summed E-state index contributed by atoms with van der Waals surface area (Å²) in [5.41, 5.74) is 0.946. The lowest BCUT2D eigenvalue weighted by molar-refractivity contribution is -0.141. The van der Waals surface area contributed by atoms with Gasteiger partial charge in [-0.05, 0) is 48.0 Å². The molecule has 0 aliphatic carbocycles. The molecule has 0 saturated carbocycles. The maximum Gasteiger partial charge on any atom is 0.323 e. The summed E-state index contributed by atoms with van der Waals surface area (Å²) in [6, 6.07) is 14.2. The Morgan fingerprint density at radius 3 is 2.34 bits per heavy atom. The summed E-state index contributed by atoms with van der Waals surface area (Å²) < 4.78 is 38.8. The number of para-hydroxylation sites is 1. The van der Waals surface area contributed by atoms with E-state index in [1.807, 2.05) is 0 Å². The van der Waals surface area contributed by atoms with Crippen LogP contribution in [0.15, 0.2) is 78.0 Å². The number of anilines is 1. The Hall–Kier alpha value is -3.80. The number of rotatable bonds is 7. The molecule has 1 aliphatic heterocycles. The molecule has 1 aliphatic rings.